The van der Waals surface area contributed by atoms with E-state index in [0.717, 1.165) is 10.0 Å². The highest BCUT2D eigenvalue weighted by Gasteiger charge is 2.15. The van der Waals surface area contributed by atoms with Gasteiger partial charge >= 0.3 is 5.97 Å². The fourth-order valence-electron chi connectivity index (χ4n) is 1.92. The summed E-state index contributed by atoms with van der Waals surface area (Å²) in [6.45, 7) is 4.90. The van der Waals surface area contributed by atoms with E-state index in [1.165, 1.54) is 11.3 Å². The Morgan fingerprint density at radius 1 is 1.27 bits per heavy atom. The van der Waals surface area contributed by atoms with Crippen molar-refractivity contribution in [2.75, 3.05) is 13.2 Å². The summed E-state index contributed by atoms with van der Waals surface area (Å²) in [4.78, 5) is 15.2. The minimum atomic E-state index is -0.892. The quantitative estimate of drug-likeness (QED) is 0.779. The summed E-state index contributed by atoms with van der Waals surface area (Å²) in [5, 5.41) is 11.2. The van der Waals surface area contributed by atoms with Crippen LogP contribution in [0.4, 0.5) is 0 Å². The van der Waals surface area contributed by atoms with Gasteiger partial charge in [-0.3, -0.25) is 4.79 Å². The van der Waals surface area contributed by atoms with E-state index < -0.39 is 5.97 Å². The Bertz CT molecular complexity index is 672. The Morgan fingerprint density at radius 3 is 2.59 bits per heavy atom. The number of carbonyl (C=O) groups is 1. The number of nitrogens with zero attached hydrogens (tertiary/aromatic N) is 1. The third-order valence-electron chi connectivity index (χ3n) is 2.76. The Morgan fingerprint density at radius 2 is 1.95 bits per heavy atom. The molecule has 1 heterocycles. The van der Waals surface area contributed by atoms with Crippen molar-refractivity contribution in [2.24, 2.45) is 0 Å². The normalized spacial score (nSPS) is 10.5. The molecule has 2 rings (SSSR count). The van der Waals surface area contributed by atoms with Crippen molar-refractivity contribution in [3.05, 3.63) is 27.0 Å². The van der Waals surface area contributed by atoms with E-state index in [2.05, 4.69) is 20.9 Å². The van der Waals surface area contributed by atoms with Gasteiger partial charge in [0.1, 0.15) is 16.5 Å². The first-order valence-electron chi connectivity index (χ1n) is 6.80. The standard InChI is InChI=1S/C15H16BrNO4S/c1-3-20-12-6-10(16)13(21-4-2)5-9(12)11-8-22-14(17-11)7-15(18)19/h5-6,8H,3-4,7H2,1-2H3,(H,18,19). The molecule has 1 aromatic heterocycles. The van der Waals surface area contributed by atoms with E-state index in [1.54, 1.807) is 0 Å². The van der Waals surface area contributed by atoms with Crippen molar-refractivity contribution >= 4 is 33.2 Å². The Balaban J connectivity index is 2.44. The molecule has 1 N–H and O–H groups in total. The maximum absolute atomic E-state index is 10.8. The maximum Gasteiger partial charge on any atom is 0.310 e. The van der Waals surface area contributed by atoms with Crippen molar-refractivity contribution in [3.8, 4) is 22.8 Å². The minimum absolute atomic E-state index is 0.0799. The van der Waals surface area contributed by atoms with E-state index >= 15 is 0 Å². The first-order valence-corrected chi connectivity index (χ1v) is 8.48. The molecule has 0 aliphatic rings. The number of carboxylic acids is 1. The number of aliphatic carboxylic acids is 1. The van der Waals surface area contributed by atoms with Crippen LogP contribution in [0, 0.1) is 0 Å². The molecule has 7 heteroatoms. The zero-order valence-electron chi connectivity index (χ0n) is 12.3. The summed E-state index contributed by atoms with van der Waals surface area (Å²) >= 11 is 4.79. The molecule has 22 heavy (non-hydrogen) atoms. The average Bonchev–Trinajstić information content (AvgIpc) is 2.89. The van der Waals surface area contributed by atoms with E-state index in [4.69, 9.17) is 14.6 Å². The fraction of sp³-hybridized carbons (Fsp3) is 0.333. The summed E-state index contributed by atoms with van der Waals surface area (Å²) < 4.78 is 12.0. The second kappa shape index (κ2) is 7.60. The lowest BCUT2D eigenvalue weighted by Crippen LogP contribution is -2.00. The van der Waals surface area contributed by atoms with Crippen LogP contribution in [0.2, 0.25) is 0 Å². The molecule has 0 amide bonds. The number of thiazole rings is 1. The van der Waals surface area contributed by atoms with Gasteiger partial charge in [-0.15, -0.1) is 11.3 Å². The molecule has 0 radical (unpaired) electrons. The van der Waals surface area contributed by atoms with Gasteiger partial charge in [0.25, 0.3) is 0 Å². The second-order valence-electron chi connectivity index (χ2n) is 4.34. The van der Waals surface area contributed by atoms with Gasteiger partial charge in [-0.1, -0.05) is 0 Å². The van der Waals surface area contributed by atoms with Gasteiger partial charge in [0.2, 0.25) is 0 Å². The number of hydrogen-bond acceptors (Lipinski definition) is 5. The molecule has 1 aromatic carbocycles. The van der Waals surface area contributed by atoms with Gasteiger partial charge in [-0.05, 0) is 41.9 Å². The third-order valence-corrected chi connectivity index (χ3v) is 4.23. The van der Waals surface area contributed by atoms with Gasteiger partial charge < -0.3 is 14.6 Å². The molecule has 0 spiro atoms. The monoisotopic (exact) mass is 385 g/mol. The fourth-order valence-corrected chi connectivity index (χ4v) is 3.14. The van der Waals surface area contributed by atoms with E-state index in [0.29, 0.717) is 35.4 Å². The lowest BCUT2D eigenvalue weighted by Gasteiger charge is -2.13. The lowest BCUT2D eigenvalue weighted by molar-refractivity contribution is -0.136. The number of aromatic nitrogens is 1. The van der Waals surface area contributed by atoms with E-state index in [1.807, 2.05) is 31.4 Å². The Labute approximate surface area is 141 Å². The van der Waals surface area contributed by atoms with Gasteiger partial charge in [-0.2, -0.15) is 0 Å². The van der Waals surface area contributed by atoms with E-state index in [9.17, 15) is 4.79 Å². The van der Waals surface area contributed by atoms with Crippen LogP contribution in [-0.2, 0) is 11.2 Å². The molecule has 0 aliphatic heterocycles. The number of benzene rings is 1. The highest BCUT2D eigenvalue weighted by atomic mass is 79.9. The largest absolute Gasteiger partial charge is 0.493 e. The molecule has 2 aromatic rings. The van der Waals surface area contributed by atoms with Crippen LogP contribution < -0.4 is 9.47 Å². The van der Waals surface area contributed by atoms with Crippen LogP contribution in [0.3, 0.4) is 0 Å². The Hall–Kier alpha value is -1.60. The van der Waals surface area contributed by atoms with Crippen molar-refractivity contribution in [2.45, 2.75) is 20.3 Å². The topological polar surface area (TPSA) is 68.7 Å². The summed E-state index contributed by atoms with van der Waals surface area (Å²) in [5.41, 5.74) is 1.49. The number of carboxylic acid groups (broad SMARTS) is 1. The first-order chi connectivity index (χ1) is 10.5. The molecule has 0 fully saturated rings. The van der Waals surface area contributed by atoms with Crippen molar-refractivity contribution in [1.29, 1.82) is 0 Å². The Kier molecular flexibility index (Phi) is 5.79. The molecular weight excluding hydrogens is 370 g/mol. The zero-order valence-corrected chi connectivity index (χ0v) is 14.7. The number of rotatable bonds is 7. The zero-order chi connectivity index (χ0) is 16.1. The first kappa shape index (κ1) is 16.8. The average molecular weight is 386 g/mol. The lowest BCUT2D eigenvalue weighted by atomic mass is 10.1. The summed E-state index contributed by atoms with van der Waals surface area (Å²) in [6, 6.07) is 3.71. The van der Waals surface area contributed by atoms with Gasteiger partial charge in [0, 0.05) is 10.9 Å². The molecule has 0 saturated heterocycles. The van der Waals surface area contributed by atoms with Crippen molar-refractivity contribution in [3.63, 3.8) is 0 Å². The van der Waals surface area contributed by atoms with Crippen LogP contribution in [0.15, 0.2) is 22.0 Å². The SMILES string of the molecule is CCOc1cc(-c2csc(CC(=O)O)n2)c(OCC)cc1Br. The summed E-state index contributed by atoms with van der Waals surface area (Å²) in [5.74, 6) is 0.496. The number of halogens is 1. The summed E-state index contributed by atoms with van der Waals surface area (Å²) in [6.07, 6.45) is -0.0799. The van der Waals surface area contributed by atoms with Crippen molar-refractivity contribution in [1.82, 2.24) is 4.98 Å². The van der Waals surface area contributed by atoms with Gasteiger partial charge in [0.15, 0.2) is 0 Å². The third kappa shape index (κ3) is 3.98. The molecule has 0 saturated carbocycles. The summed E-state index contributed by atoms with van der Waals surface area (Å²) in [7, 11) is 0. The van der Waals surface area contributed by atoms with Gasteiger partial charge in [0.05, 0.1) is 29.8 Å². The van der Waals surface area contributed by atoms with Gasteiger partial charge in [-0.25, -0.2) is 4.98 Å². The van der Waals surface area contributed by atoms with E-state index in [-0.39, 0.29) is 6.42 Å². The molecule has 0 unspecified atom stereocenters. The second-order valence-corrected chi connectivity index (χ2v) is 6.14. The van der Waals surface area contributed by atoms with Crippen LogP contribution >= 0.6 is 27.3 Å². The predicted molar refractivity (Wildman–Crippen MR) is 88.9 cm³/mol. The number of hydrogen-bond donors (Lipinski definition) is 1. The molecular formula is C15H16BrNO4S. The van der Waals surface area contributed by atoms with Crippen LogP contribution in [0.5, 0.6) is 11.5 Å². The van der Waals surface area contributed by atoms with Crippen LogP contribution in [-0.4, -0.2) is 29.3 Å². The highest BCUT2D eigenvalue weighted by molar-refractivity contribution is 9.10. The molecule has 5 nitrogen and oxygen atoms in total. The smallest absolute Gasteiger partial charge is 0.310 e. The molecule has 118 valence electrons. The predicted octanol–water partition coefficient (Wildman–Crippen LogP) is 4.00. The molecule has 0 aliphatic carbocycles. The number of ether oxygens (including phenoxy) is 2. The highest BCUT2D eigenvalue weighted by Crippen LogP contribution is 2.39. The minimum Gasteiger partial charge on any atom is -0.493 e. The van der Waals surface area contributed by atoms with Crippen LogP contribution in [0.25, 0.3) is 11.3 Å². The maximum atomic E-state index is 10.8. The van der Waals surface area contributed by atoms with Crippen LogP contribution in [0.1, 0.15) is 18.9 Å². The molecule has 0 bridgehead atoms. The van der Waals surface area contributed by atoms with Crippen molar-refractivity contribution < 1.29 is 19.4 Å². The molecule has 0 atom stereocenters.